The van der Waals surface area contributed by atoms with Crippen LogP contribution in [-0.2, 0) is 0 Å². The van der Waals surface area contributed by atoms with E-state index in [0.29, 0.717) is 16.7 Å². The summed E-state index contributed by atoms with van der Waals surface area (Å²) in [5, 5.41) is 9.08. The number of halogens is 1. The number of carboxylic acids is 1. The van der Waals surface area contributed by atoms with Crippen molar-refractivity contribution in [3.63, 3.8) is 0 Å². The largest absolute Gasteiger partial charge is 0.478 e. The third-order valence-electron chi connectivity index (χ3n) is 2.63. The van der Waals surface area contributed by atoms with Gasteiger partial charge in [0.2, 0.25) is 0 Å². The zero-order valence-corrected chi connectivity index (χ0v) is 9.27. The normalized spacial score (nSPS) is 10.2. The van der Waals surface area contributed by atoms with Crippen LogP contribution in [0.15, 0.2) is 42.5 Å². The van der Waals surface area contributed by atoms with Gasteiger partial charge in [-0.05, 0) is 41.8 Å². The van der Waals surface area contributed by atoms with Crippen LogP contribution < -0.4 is 0 Å². The van der Waals surface area contributed by atoms with Crippen molar-refractivity contribution >= 4 is 5.97 Å². The van der Waals surface area contributed by atoms with E-state index < -0.39 is 5.97 Å². The van der Waals surface area contributed by atoms with Crippen LogP contribution in [0.3, 0.4) is 0 Å². The molecule has 0 aromatic heterocycles. The van der Waals surface area contributed by atoms with Gasteiger partial charge in [0.05, 0.1) is 5.56 Å². The number of aromatic carboxylic acids is 1. The van der Waals surface area contributed by atoms with Gasteiger partial charge in [-0.25, -0.2) is 9.18 Å². The molecule has 1 N–H and O–H groups in total. The van der Waals surface area contributed by atoms with Crippen molar-refractivity contribution in [3.05, 3.63) is 59.4 Å². The molecule has 0 heterocycles. The molecule has 2 aromatic rings. The first kappa shape index (κ1) is 11.3. The van der Waals surface area contributed by atoms with Crippen molar-refractivity contribution in [2.45, 2.75) is 6.92 Å². The average molecular weight is 230 g/mol. The van der Waals surface area contributed by atoms with Gasteiger partial charge < -0.3 is 5.11 Å². The SMILES string of the molecule is Cc1cc(-c2ccccc2C(=O)O)ccc1F. The summed E-state index contributed by atoms with van der Waals surface area (Å²) in [6.07, 6.45) is 0. The molecule has 0 aliphatic heterocycles. The van der Waals surface area contributed by atoms with Gasteiger partial charge in [0.25, 0.3) is 0 Å². The van der Waals surface area contributed by atoms with Crippen LogP contribution in [0.25, 0.3) is 11.1 Å². The molecule has 0 atom stereocenters. The van der Waals surface area contributed by atoms with Crippen molar-refractivity contribution in [1.82, 2.24) is 0 Å². The monoisotopic (exact) mass is 230 g/mol. The third-order valence-corrected chi connectivity index (χ3v) is 2.63. The second-order valence-electron chi connectivity index (χ2n) is 3.81. The van der Waals surface area contributed by atoms with Crippen LogP contribution in [0.5, 0.6) is 0 Å². The lowest BCUT2D eigenvalue weighted by Crippen LogP contribution is -1.99. The molecule has 3 heteroatoms. The quantitative estimate of drug-likeness (QED) is 0.857. The smallest absolute Gasteiger partial charge is 0.336 e. The number of rotatable bonds is 2. The molecule has 86 valence electrons. The predicted molar refractivity (Wildman–Crippen MR) is 63.5 cm³/mol. The molecular formula is C14H11FO2. The van der Waals surface area contributed by atoms with Gasteiger partial charge in [-0.3, -0.25) is 0 Å². The Hall–Kier alpha value is -2.16. The summed E-state index contributed by atoms with van der Waals surface area (Å²) in [6.45, 7) is 1.65. The number of benzene rings is 2. The number of carbonyl (C=O) groups is 1. The van der Waals surface area contributed by atoms with E-state index in [2.05, 4.69) is 0 Å². The zero-order valence-electron chi connectivity index (χ0n) is 9.27. The topological polar surface area (TPSA) is 37.3 Å². The first-order valence-electron chi connectivity index (χ1n) is 5.18. The van der Waals surface area contributed by atoms with Gasteiger partial charge in [-0.1, -0.05) is 24.3 Å². The van der Waals surface area contributed by atoms with Crippen molar-refractivity contribution in [2.75, 3.05) is 0 Å². The molecule has 0 radical (unpaired) electrons. The van der Waals surface area contributed by atoms with Crippen LogP contribution >= 0.6 is 0 Å². The van der Waals surface area contributed by atoms with Crippen LogP contribution in [0.1, 0.15) is 15.9 Å². The Morgan fingerprint density at radius 2 is 1.88 bits per heavy atom. The van der Waals surface area contributed by atoms with E-state index in [-0.39, 0.29) is 11.4 Å². The lowest BCUT2D eigenvalue weighted by Gasteiger charge is -2.07. The summed E-state index contributed by atoms with van der Waals surface area (Å²) in [7, 11) is 0. The Morgan fingerprint density at radius 3 is 2.53 bits per heavy atom. The van der Waals surface area contributed by atoms with Gasteiger partial charge in [0.15, 0.2) is 0 Å². The summed E-state index contributed by atoms with van der Waals surface area (Å²) < 4.78 is 13.2. The van der Waals surface area contributed by atoms with Gasteiger partial charge in [-0.2, -0.15) is 0 Å². The Bertz CT molecular complexity index is 576. The fourth-order valence-electron chi connectivity index (χ4n) is 1.73. The van der Waals surface area contributed by atoms with Gasteiger partial charge in [0.1, 0.15) is 5.82 Å². The molecular weight excluding hydrogens is 219 g/mol. The molecule has 0 fully saturated rings. The number of hydrogen-bond donors (Lipinski definition) is 1. The minimum absolute atomic E-state index is 0.221. The highest BCUT2D eigenvalue weighted by molar-refractivity contribution is 5.96. The third kappa shape index (κ3) is 2.18. The standard InChI is InChI=1S/C14H11FO2/c1-9-8-10(6-7-13(9)15)11-4-2-3-5-12(11)14(16)17/h2-8H,1H3,(H,16,17). The minimum atomic E-state index is -0.984. The molecule has 17 heavy (non-hydrogen) atoms. The van der Waals surface area contributed by atoms with E-state index in [0.717, 1.165) is 0 Å². The minimum Gasteiger partial charge on any atom is -0.478 e. The molecule has 0 aliphatic rings. The lowest BCUT2D eigenvalue weighted by atomic mass is 9.98. The maximum absolute atomic E-state index is 13.2. The fourth-order valence-corrected chi connectivity index (χ4v) is 1.73. The Balaban J connectivity index is 2.60. The first-order chi connectivity index (χ1) is 8.09. The van der Waals surface area contributed by atoms with Crippen LogP contribution in [0.4, 0.5) is 4.39 Å². The number of hydrogen-bond acceptors (Lipinski definition) is 1. The summed E-state index contributed by atoms with van der Waals surface area (Å²) in [4.78, 5) is 11.1. The molecule has 0 bridgehead atoms. The molecule has 0 aliphatic carbocycles. The van der Waals surface area contributed by atoms with Gasteiger partial charge in [-0.15, -0.1) is 0 Å². The number of aryl methyl sites for hydroxylation is 1. The molecule has 2 nitrogen and oxygen atoms in total. The van der Waals surface area contributed by atoms with Crippen LogP contribution in [0, 0.1) is 12.7 Å². The molecule has 0 saturated heterocycles. The van der Waals surface area contributed by atoms with E-state index in [1.165, 1.54) is 12.1 Å². The second-order valence-corrected chi connectivity index (χ2v) is 3.81. The van der Waals surface area contributed by atoms with Crippen molar-refractivity contribution in [2.24, 2.45) is 0 Å². The highest BCUT2D eigenvalue weighted by Crippen LogP contribution is 2.25. The number of carboxylic acid groups (broad SMARTS) is 1. The average Bonchev–Trinajstić information content (AvgIpc) is 2.32. The first-order valence-corrected chi connectivity index (χ1v) is 5.18. The summed E-state index contributed by atoms with van der Waals surface area (Å²) in [6, 6.07) is 11.3. The van der Waals surface area contributed by atoms with Crippen LogP contribution in [-0.4, -0.2) is 11.1 Å². The van der Waals surface area contributed by atoms with Crippen molar-refractivity contribution in [1.29, 1.82) is 0 Å². The molecule has 0 amide bonds. The predicted octanol–water partition coefficient (Wildman–Crippen LogP) is 3.50. The highest BCUT2D eigenvalue weighted by atomic mass is 19.1. The zero-order chi connectivity index (χ0) is 12.4. The van der Waals surface area contributed by atoms with E-state index in [9.17, 15) is 9.18 Å². The molecule has 0 unspecified atom stereocenters. The molecule has 2 rings (SSSR count). The lowest BCUT2D eigenvalue weighted by molar-refractivity contribution is 0.0697. The van der Waals surface area contributed by atoms with Gasteiger partial charge >= 0.3 is 5.97 Å². The van der Waals surface area contributed by atoms with Crippen molar-refractivity contribution in [3.8, 4) is 11.1 Å². The summed E-state index contributed by atoms with van der Waals surface area (Å²) in [5.74, 6) is -1.27. The van der Waals surface area contributed by atoms with E-state index in [4.69, 9.17) is 5.11 Å². The fraction of sp³-hybridized carbons (Fsp3) is 0.0714. The van der Waals surface area contributed by atoms with Crippen LogP contribution in [0.2, 0.25) is 0 Å². The Kier molecular flexibility index (Phi) is 2.91. The molecule has 0 spiro atoms. The molecule has 2 aromatic carbocycles. The van der Waals surface area contributed by atoms with Gasteiger partial charge in [0, 0.05) is 0 Å². The molecule has 0 saturated carbocycles. The maximum atomic E-state index is 13.2. The van der Waals surface area contributed by atoms with Crippen molar-refractivity contribution < 1.29 is 14.3 Å². The van der Waals surface area contributed by atoms with E-state index in [1.54, 1.807) is 37.3 Å². The Labute approximate surface area is 98.3 Å². The van der Waals surface area contributed by atoms with E-state index in [1.807, 2.05) is 0 Å². The van der Waals surface area contributed by atoms with E-state index >= 15 is 0 Å². The Morgan fingerprint density at radius 1 is 1.18 bits per heavy atom. The second kappa shape index (κ2) is 4.37. The summed E-state index contributed by atoms with van der Waals surface area (Å²) in [5.41, 5.74) is 2.03. The highest BCUT2D eigenvalue weighted by Gasteiger charge is 2.11. The summed E-state index contributed by atoms with van der Waals surface area (Å²) >= 11 is 0. The maximum Gasteiger partial charge on any atom is 0.336 e.